The molecule has 2 N–H and O–H groups in total. The van der Waals surface area contributed by atoms with Gasteiger partial charge in [-0.3, -0.25) is 4.98 Å². The second-order valence-electron chi connectivity index (χ2n) is 10.2. The summed E-state index contributed by atoms with van der Waals surface area (Å²) in [5, 5.41) is 10.5. The van der Waals surface area contributed by atoms with Gasteiger partial charge in [-0.05, 0) is 58.5 Å². The molecule has 0 spiro atoms. The summed E-state index contributed by atoms with van der Waals surface area (Å²) in [4.78, 5) is 21.2. The fourth-order valence-corrected chi connectivity index (χ4v) is 6.68. The lowest BCUT2D eigenvalue weighted by molar-refractivity contribution is 0.799. The van der Waals surface area contributed by atoms with E-state index in [4.69, 9.17) is 9.97 Å². The fourth-order valence-electron chi connectivity index (χ4n) is 5.75. The number of aromatic amines is 2. The average molecular weight is 498 g/mol. The Morgan fingerprint density at radius 3 is 2.24 bits per heavy atom. The smallest absolute Gasteiger partial charge is 0.109 e. The molecule has 4 aromatic carbocycles. The zero-order valence-electron chi connectivity index (χ0n) is 20.7. The molecule has 0 atom stereocenters. The van der Waals surface area contributed by atoms with Crippen LogP contribution in [0.1, 0.15) is 31.4 Å². The van der Waals surface area contributed by atoms with Gasteiger partial charge in [-0.25, -0.2) is 9.97 Å². The van der Waals surface area contributed by atoms with Crippen LogP contribution in [0.2, 0.25) is 0 Å². The lowest BCUT2D eigenvalue weighted by atomic mass is 9.95. The normalized spacial score (nSPS) is 12.4. The first-order chi connectivity index (χ1) is 18.1. The maximum atomic E-state index is 4.97. The second-order valence-corrected chi connectivity index (χ2v) is 11.1. The number of nitrogens with zero attached hydrogens (tertiary/aromatic N) is 3. The van der Waals surface area contributed by atoms with Crippen LogP contribution in [-0.4, -0.2) is 24.9 Å². The molecule has 0 amide bonds. The first-order valence-corrected chi connectivity index (χ1v) is 13.4. The van der Waals surface area contributed by atoms with Crippen molar-refractivity contribution < 1.29 is 0 Å². The van der Waals surface area contributed by atoms with Crippen molar-refractivity contribution in [3.8, 4) is 11.1 Å². The molecule has 8 rings (SSSR count). The lowest BCUT2D eigenvalue weighted by Gasteiger charge is -2.10. The summed E-state index contributed by atoms with van der Waals surface area (Å²) >= 11 is 1.79. The highest BCUT2D eigenvalue weighted by Crippen LogP contribution is 2.40. The van der Waals surface area contributed by atoms with Gasteiger partial charge < -0.3 is 9.97 Å². The van der Waals surface area contributed by atoms with E-state index in [9.17, 15) is 0 Å². The van der Waals surface area contributed by atoms with Crippen LogP contribution in [0.15, 0.2) is 66.3 Å². The Morgan fingerprint density at radius 2 is 1.43 bits per heavy atom. The highest BCUT2D eigenvalue weighted by atomic mass is 32.1. The predicted molar refractivity (Wildman–Crippen MR) is 156 cm³/mol. The summed E-state index contributed by atoms with van der Waals surface area (Å²) in [6, 6.07) is 17.9. The maximum absolute atomic E-state index is 4.97. The molecular weight excluding hydrogens is 474 g/mol. The molecule has 0 radical (unpaired) electrons. The van der Waals surface area contributed by atoms with E-state index < -0.39 is 0 Å². The molecule has 6 heteroatoms. The van der Waals surface area contributed by atoms with Crippen molar-refractivity contribution in [3.05, 3.63) is 78.0 Å². The molecule has 0 unspecified atom stereocenters. The Morgan fingerprint density at radius 1 is 0.703 bits per heavy atom. The Bertz CT molecular complexity index is 2200. The number of thiophene rings is 1. The first kappa shape index (κ1) is 20.9. The Balaban J connectivity index is 1.41. The number of imidazole rings is 2. The van der Waals surface area contributed by atoms with E-state index in [0.29, 0.717) is 5.92 Å². The van der Waals surface area contributed by atoms with Crippen LogP contribution < -0.4 is 0 Å². The average Bonchev–Trinajstić information content (AvgIpc) is 3.66. The number of fused-ring (bicyclic) bond motifs is 12. The number of rotatable bonds is 2. The van der Waals surface area contributed by atoms with Gasteiger partial charge in [0, 0.05) is 49.9 Å². The van der Waals surface area contributed by atoms with Crippen molar-refractivity contribution in [2.75, 3.05) is 0 Å². The van der Waals surface area contributed by atoms with Crippen LogP contribution >= 0.6 is 11.3 Å². The predicted octanol–water partition coefficient (Wildman–Crippen LogP) is 8.61. The van der Waals surface area contributed by atoms with Crippen molar-refractivity contribution in [2.24, 2.45) is 0 Å². The van der Waals surface area contributed by atoms with Crippen LogP contribution in [-0.2, 0) is 0 Å². The Kier molecular flexibility index (Phi) is 4.15. The van der Waals surface area contributed by atoms with Crippen molar-refractivity contribution >= 4 is 75.8 Å². The zero-order chi connectivity index (χ0) is 24.8. The van der Waals surface area contributed by atoms with Gasteiger partial charge >= 0.3 is 0 Å². The molecule has 4 aromatic heterocycles. The van der Waals surface area contributed by atoms with Gasteiger partial charge in [-0.15, -0.1) is 11.3 Å². The number of hydrogen-bond acceptors (Lipinski definition) is 4. The molecule has 0 saturated heterocycles. The van der Waals surface area contributed by atoms with Crippen LogP contribution in [0.4, 0.5) is 0 Å². The molecule has 37 heavy (non-hydrogen) atoms. The van der Waals surface area contributed by atoms with E-state index in [1.807, 2.05) is 19.3 Å². The molecule has 0 aliphatic heterocycles. The monoisotopic (exact) mass is 497 g/mol. The molecule has 0 bridgehead atoms. The van der Waals surface area contributed by atoms with Crippen LogP contribution in [0.3, 0.4) is 0 Å². The van der Waals surface area contributed by atoms with E-state index in [1.54, 1.807) is 11.3 Å². The number of pyridine rings is 1. The minimum absolute atomic E-state index is 0.350. The highest BCUT2D eigenvalue weighted by Gasteiger charge is 2.17. The van der Waals surface area contributed by atoms with Crippen LogP contribution in [0.5, 0.6) is 0 Å². The zero-order valence-corrected chi connectivity index (χ0v) is 21.5. The van der Waals surface area contributed by atoms with E-state index in [0.717, 1.165) is 39.1 Å². The fraction of sp³-hybridized carbons (Fsp3) is 0.129. The minimum Gasteiger partial charge on any atom is -0.342 e. The van der Waals surface area contributed by atoms with Gasteiger partial charge in [0.15, 0.2) is 0 Å². The van der Waals surface area contributed by atoms with Crippen LogP contribution in [0.25, 0.3) is 75.6 Å². The SMILES string of the molecule is Cc1nc2c3cnccc3c3cc(-c4ccc5c(c4)c4sccc4c4nc(C(C)C)[nH]c54)ccc3c2[nH]1. The third-order valence-electron chi connectivity index (χ3n) is 7.53. The summed E-state index contributed by atoms with van der Waals surface area (Å²) in [6.45, 7) is 6.37. The quantitative estimate of drug-likeness (QED) is 0.235. The molecule has 0 aliphatic rings. The number of aromatic nitrogens is 5. The van der Waals surface area contributed by atoms with Gasteiger partial charge in [0.25, 0.3) is 0 Å². The third kappa shape index (κ3) is 2.87. The number of H-pyrrole nitrogens is 2. The van der Waals surface area contributed by atoms with Crippen molar-refractivity contribution in [1.82, 2.24) is 24.9 Å². The van der Waals surface area contributed by atoms with Gasteiger partial charge in [0.05, 0.1) is 22.1 Å². The molecule has 0 saturated carbocycles. The lowest BCUT2D eigenvalue weighted by Crippen LogP contribution is -1.88. The summed E-state index contributed by atoms with van der Waals surface area (Å²) in [5.74, 6) is 2.30. The standard InChI is InChI=1S/C31H23N5S/c1-15(2)31-35-27-21-7-5-18(13-24(21)30-22(9-11-37-30)28(27)36-31)17-4-6-20-23(12-17)19-8-10-32-14-25(19)29-26(20)33-16(3)34-29/h4-15H,1-3H3,(H,33,34)(H,35,36). The van der Waals surface area contributed by atoms with Gasteiger partial charge in [0.2, 0.25) is 0 Å². The topological polar surface area (TPSA) is 70.2 Å². The van der Waals surface area contributed by atoms with Crippen molar-refractivity contribution in [3.63, 3.8) is 0 Å². The summed E-state index contributed by atoms with van der Waals surface area (Å²) < 4.78 is 1.29. The third-order valence-corrected chi connectivity index (χ3v) is 8.48. The van der Waals surface area contributed by atoms with Gasteiger partial charge in [-0.1, -0.05) is 38.1 Å². The maximum Gasteiger partial charge on any atom is 0.109 e. The second kappa shape index (κ2) is 7.37. The number of aryl methyl sites for hydroxylation is 1. The Hall–Kier alpha value is -4.29. The highest BCUT2D eigenvalue weighted by molar-refractivity contribution is 7.18. The molecule has 5 nitrogen and oxygen atoms in total. The van der Waals surface area contributed by atoms with E-state index in [1.165, 1.54) is 48.1 Å². The van der Waals surface area contributed by atoms with Gasteiger partial charge in [-0.2, -0.15) is 0 Å². The number of hydrogen-bond donors (Lipinski definition) is 2. The molecule has 8 aromatic rings. The van der Waals surface area contributed by atoms with E-state index in [2.05, 4.69) is 82.7 Å². The summed E-state index contributed by atoms with van der Waals surface area (Å²) in [5.41, 5.74) is 6.66. The van der Waals surface area contributed by atoms with Crippen molar-refractivity contribution in [2.45, 2.75) is 26.7 Å². The molecule has 0 fully saturated rings. The Labute approximate surface area is 216 Å². The largest absolute Gasteiger partial charge is 0.342 e. The van der Waals surface area contributed by atoms with E-state index in [-0.39, 0.29) is 0 Å². The molecule has 178 valence electrons. The number of nitrogens with one attached hydrogen (secondary N) is 2. The molecule has 4 heterocycles. The van der Waals surface area contributed by atoms with Crippen LogP contribution in [0, 0.1) is 6.92 Å². The summed E-state index contributed by atoms with van der Waals surface area (Å²) in [6.07, 6.45) is 3.79. The van der Waals surface area contributed by atoms with E-state index >= 15 is 0 Å². The summed E-state index contributed by atoms with van der Waals surface area (Å²) in [7, 11) is 0. The molecule has 0 aliphatic carbocycles. The van der Waals surface area contributed by atoms with Crippen molar-refractivity contribution in [1.29, 1.82) is 0 Å². The van der Waals surface area contributed by atoms with Gasteiger partial charge in [0.1, 0.15) is 11.6 Å². The first-order valence-electron chi connectivity index (χ1n) is 12.6. The number of benzene rings is 4. The minimum atomic E-state index is 0.350. The molecular formula is C31H23N5S.